The molecule has 0 spiro atoms. The van der Waals surface area contributed by atoms with Gasteiger partial charge in [-0.15, -0.1) is 0 Å². The molecule has 2 aromatic rings. The lowest BCUT2D eigenvalue weighted by molar-refractivity contribution is -0.133. The molecule has 2 heterocycles. The summed E-state index contributed by atoms with van der Waals surface area (Å²) in [6.07, 6.45) is 0. The van der Waals surface area contributed by atoms with Gasteiger partial charge < -0.3 is 20.7 Å². The Morgan fingerprint density at radius 1 is 1.43 bits per heavy atom. The van der Waals surface area contributed by atoms with Gasteiger partial charge in [-0.3, -0.25) is 4.79 Å². The van der Waals surface area contributed by atoms with Gasteiger partial charge in [-0.2, -0.15) is 0 Å². The van der Waals surface area contributed by atoms with E-state index in [1.807, 2.05) is 19.1 Å². The second kappa shape index (κ2) is 6.44. The van der Waals surface area contributed by atoms with Gasteiger partial charge in [-0.1, -0.05) is 11.8 Å². The number of thioether (sulfide) groups is 1. The van der Waals surface area contributed by atoms with Crippen molar-refractivity contribution in [2.75, 3.05) is 12.3 Å². The number of primary amides is 1. The maximum Gasteiger partial charge on any atom is 0.313 e. The van der Waals surface area contributed by atoms with Crippen LogP contribution < -0.4 is 11.1 Å². The van der Waals surface area contributed by atoms with Crippen molar-refractivity contribution in [2.24, 2.45) is 5.73 Å². The van der Waals surface area contributed by atoms with Gasteiger partial charge in [0.05, 0.1) is 5.75 Å². The van der Waals surface area contributed by atoms with Crippen LogP contribution >= 0.6 is 11.8 Å². The number of aryl methyl sites for hydroxylation is 1. The molecule has 0 aliphatic heterocycles. The standard InChI is InChI=1S/C12H15N5O3S/c1-7-2-3-8-10(15-7)17(5-4-14-11(13)20)12(16-8)21-6-9(18)19/h2-3H,4-6H2,1H3,(H,18,19)(H3,13,14,20). The largest absolute Gasteiger partial charge is 0.481 e. The summed E-state index contributed by atoms with van der Waals surface area (Å²) in [5.74, 6) is -1.01. The third kappa shape index (κ3) is 3.85. The molecule has 0 bridgehead atoms. The molecule has 2 rings (SSSR count). The third-order valence-corrected chi connectivity index (χ3v) is 3.62. The quantitative estimate of drug-likeness (QED) is 0.671. The zero-order valence-corrected chi connectivity index (χ0v) is 12.2. The number of carboxylic acid groups (broad SMARTS) is 1. The molecule has 0 saturated carbocycles. The van der Waals surface area contributed by atoms with Crippen LogP contribution in [0, 0.1) is 6.92 Å². The average Bonchev–Trinajstić information content (AvgIpc) is 2.74. The van der Waals surface area contributed by atoms with Gasteiger partial charge in [-0.05, 0) is 19.1 Å². The molecular formula is C12H15N5O3S. The number of rotatable bonds is 6. The van der Waals surface area contributed by atoms with Crippen LogP contribution in [0.15, 0.2) is 17.3 Å². The molecular weight excluding hydrogens is 294 g/mol. The zero-order chi connectivity index (χ0) is 15.4. The summed E-state index contributed by atoms with van der Waals surface area (Å²) in [6.45, 7) is 2.59. The number of nitrogens with zero attached hydrogens (tertiary/aromatic N) is 3. The van der Waals surface area contributed by atoms with Gasteiger partial charge in [0, 0.05) is 18.8 Å². The van der Waals surface area contributed by atoms with Crippen molar-refractivity contribution >= 4 is 34.9 Å². The van der Waals surface area contributed by atoms with Gasteiger partial charge in [-0.25, -0.2) is 14.8 Å². The Labute approximate surface area is 124 Å². The van der Waals surface area contributed by atoms with Crippen LogP contribution in [0.4, 0.5) is 4.79 Å². The lowest BCUT2D eigenvalue weighted by Crippen LogP contribution is -2.32. The molecule has 0 fully saturated rings. The van der Waals surface area contributed by atoms with Crippen molar-refractivity contribution in [3.8, 4) is 0 Å². The van der Waals surface area contributed by atoms with Crippen molar-refractivity contribution in [3.63, 3.8) is 0 Å². The number of hydrogen-bond donors (Lipinski definition) is 3. The molecule has 0 atom stereocenters. The monoisotopic (exact) mass is 309 g/mol. The van der Waals surface area contributed by atoms with Crippen molar-refractivity contribution in [3.05, 3.63) is 17.8 Å². The molecule has 112 valence electrons. The summed E-state index contributed by atoms with van der Waals surface area (Å²) in [7, 11) is 0. The van der Waals surface area contributed by atoms with E-state index in [4.69, 9.17) is 10.8 Å². The number of nitrogens with one attached hydrogen (secondary N) is 1. The number of urea groups is 1. The number of fused-ring (bicyclic) bond motifs is 1. The lowest BCUT2D eigenvalue weighted by atomic mass is 10.3. The fourth-order valence-corrected chi connectivity index (χ4v) is 2.55. The normalized spacial score (nSPS) is 10.7. The van der Waals surface area contributed by atoms with Crippen LogP contribution in [0.2, 0.25) is 0 Å². The van der Waals surface area contributed by atoms with E-state index < -0.39 is 12.0 Å². The second-order valence-corrected chi connectivity index (χ2v) is 5.26. The minimum Gasteiger partial charge on any atom is -0.481 e. The number of imidazole rings is 1. The molecule has 0 radical (unpaired) electrons. The Morgan fingerprint density at radius 2 is 2.19 bits per heavy atom. The summed E-state index contributed by atoms with van der Waals surface area (Å²) in [5, 5.41) is 11.8. The predicted molar refractivity (Wildman–Crippen MR) is 78.2 cm³/mol. The minimum atomic E-state index is -0.919. The number of pyridine rings is 1. The summed E-state index contributed by atoms with van der Waals surface area (Å²) in [5.41, 5.74) is 7.21. The number of carboxylic acids is 1. The summed E-state index contributed by atoms with van der Waals surface area (Å²) >= 11 is 1.11. The molecule has 2 amide bonds. The van der Waals surface area contributed by atoms with Crippen LogP contribution in [-0.4, -0.2) is 43.9 Å². The van der Waals surface area contributed by atoms with Gasteiger partial charge in [0.2, 0.25) is 0 Å². The molecule has 9 heteroatoms. The summed E-state index contributed by atoms with van der Waals surface area (Å²) < 4.78 is 1.78. The van der Waals surface area contributed by atoms with E-state index >= 15 is 0 Å². The third-order valence-electron chi connectivity index (χ3n) is 2.66. The van der Waals surface area contributed by atoms with E-state index in [0.717, 1.165) is 17.5 Å². The van der Waals surface area contributed by atoms with Gasteiger partial charge in [0.25, 0.3) is 0 Å². The fourth-order valence-electron chi connectivity index (χ4n) is 1.80. The zero-order valence-electron chi connectivity index (χ0n) is 11.4. The van der Waals surface area contributed by atoms with Gasteiger partial charge in [0.1, 0.15) is 5.52 Å². The first-order valence-electron chi connectivity index (χ1n) is 6.19. The first-order chi connectivity index (χ1) is 9.97. The Hall–Kier alpha value is -2.29. The first-order valence-corrected chi connectivity index (χ1v) is 7.17. The SMILES string of the molecule is Cc1ccc2nc(SCC(=O)O)n(CCNC(N)=O)c2n1. The minimum absolute atomic E-state index is 0.0917. The number of nitrogens with two attached hydrogens (primary N) is 1. The fraction of sp³-hybridized carbons (Fsp3) is 0.333. The number of amides is 2. The first kappa shape index (κ1) is 15.1. The molecule has 0 aliphatic rings. The van der Waals surface area contributed by atoms with Crippen LogP contribution in [0.5, 0.6) is 0 Å². The molecule has 0 unspecified atom stereocenters. The highest BCUT2D eigenvalue weighted by molar-refractivity contribution is 7.99. The smallest absolute Gasteiger partial charge is 0.313 e. The van der Waals surface area contributed by atoms with Crippen LogP contribution in [-0.2, 0) is 11.3 Å². The summed E-state index contributed by atoms with van der Waals surface area (Å²) in [6, 6.07) is 3.07. The molecule has 21 heavy (non-hydrogen) atoms. The molecule has 0 aliphatic carbocycles. The maximum absolute atomic E-state index is 10.7. The highest BCUT2D eigenvalue weighted by atomic mass is 32.2. The Bertz CT molecular complexity index is 685. The van der Waals surface area contributed by atoms with Crippen molar-refractivity contribution in [1.29, 1.82) is 0 Å². The van der Waals surface area contributed by atoms with E-state index in [1.54, 1.807) is 4.57 Å². The Morgan fingerprint density at radius 3 is 2.86 bits per heavy atom. The van der Waals surface area contributed by atoms with E-state index in [0.29, 0.717) is 29.4 Å². The van der Waals surface area contributed by atoms with Crippen molar-refractivity contribution in [2.45, 2.75) is 18.6 Å². The molecule has 2 aromatic heterocycles. The topological polar surface area (TPSA) is 123 Å². The molecule has 4 N–H and O–H groups in total. The van der Waals surface area contributed by atoms with E-state index in [1.165, 1.54) is 0 Å². The predicted octanol–water partition coefficient (Wildman–Crippen LogP) is 0.585. The van der Waals surface area contributed by atoms with Crippen LogP contribution in [0.1, 0.15) is 5.69 Å². The van der Waals surface area contributed by atoms with Crippen LogP contribution in [0.3, 0.4) is 0 Å². The second-order valence-electron chi connectivity index (χ2n) is 4.31. The number of aromatic nitrogens is 3. The highest BCUT2D eigenvalue weighted by Crippen LogP contribution is 2.23. The molecule has 0 saturated heterocycles. The van der Waals surface area contributed by atoms with E-state index in [9.17, 15) is 9.59 Å². The van der Waals surface area contributed by atoms with Gasteiger partial charge >= 0.3 is 12.0 Å². The number of aliphatic carboxylic acids is 1. The molecule has 0 aromatic carbocycles. The highest BCUT2D eigenvalue weighted by Gasteiger charge is 2.14. The Kier molecular flexibility index (Phi) is 4.63. The van der Waals surface area contributed by atoms with Gasteiger partial charge in [0.15, 0.2) is 10.8 Å². The van der Waals surface area contributed by atoms with Crippen molar-refractivity contribution in [1.82, 2.24) is 19.9 Å². The maximum atomic E-state index is 10.7. The number of hydrogen-bond acceptors (Lipinski definition) is 5. The van der Waals surface area contributed by atoms with E-state index in [2.05, 4.69) is 15.3 Å². The number of carbonyl (C=O) groups excluding carboxylic acids is 1. The lowest BCUT2D eigenvalue weighted by Gasteiger charge is -2.08. The summed E-state index contributed by atoms with van der Waals surface area (Å²) in [4.78, 5) is 30.2. The Balaban J connectivity index is 2.30. The van der Waals surface area contributed by atoms with E-state index in [-0.39, 0.29) is 5.75 Å². The van der Waals surface area contributed by atoms with Crippen molar-refractivity contribution < 1.29 is 14.7 Å². The number of carbonyl (C=O) groups is 2. The average molecular weight is 309 g/mol. The molecule has 8 nitrogen and oxygen atoms in total. The van der Waals surface area contributed by atoms with Crippen LogP contribution in [0.25, 0.3) is 11.2 Å².